The van der Waals surface area contributed by atoms with Crippen LogP contribution < -0.4 is 4.74 Å². The number of hydrogen-bond acceptors (Lipinski definition) is 6. The molecule has 0 spiro atoms. The van der Waals surface area contributed by atoms with Crippen molar-refractivity contribution in [2.75, 3.05) is 47.6 Å². The Morgan fingerprint density at radius 3 is 2.24 bits per heavy atom. The normalized spacial score (nSPS) is 10.9. The van der Waals surface area contributed by atoms with Crippen LogP contribution in [-0.2, 0) is 16.0 Å². The summed E-state index contributed by atoms with van der Waals surface area (Å²) in [7, 11) is 4.71. The quantitative estimate of drug-likeness (QED) is 0.483. The number of nitro groups is 1. The summed E-state index contributed by atoms with van der Waals surface area (Å²) in [4.78, 5) is 12.7. The summed E-state index contributed by atoms with van der Waals surface area (Å²) in [5.41, 5.74) is 0.836. The number of ether oxygens (including phenoxy) is 3. The van der Waals surface area contributed by atoms with Crippen molar-refractivity contribution in [3.63, 3.8) is 0 Å². The van der Waals surface area contributed by atoms with Gasteiger partial charge >= 0.3 is 5.69 Å². The fourth-order valence-electron chi connectivity index (χ4n) is 1.95. The van der Waals surface area contributed by atoms with E-state index in [4.69, 9.17) is 14.2 Å². The molecule has 0 radical (unpaired) electrons. The lowest BCUT2D eigenvalue weighted by Gasteiger charge is -2.21. The van der Waals surface area contributed by atoms with E-state index in [1.165, 1.54) is 7.11 Å². The summed E-state index contributed by atoms with van der Waals surface area (Å²) in [6.45, 7) is 3.26. The van der Waals surface area contributed by atoms with E-state index < -0.39 is 4.92 Å². The third-order valence-corrected chi connectivity index (χ3v) is 3.07. The van der Waals surface area contributed by atoms with Gasteiger partial charge in [0.05, 0.1) is 25.2 Å². The molecule has 0 N–H and O–H groups in total. The maximum absolute atomic E-state index is 11.0. The monoisotopic (exact) mass is 298 g/mol. The predicted molar refractivity (Wildman–Crippen MR) is 78.7 cm³/mol. The van der Waals surface area contributed by atoms with Crippen molar-refractivity contribution in [3.8, 4) is 5.75 Å². The van der Waals surface area contributed by atoms with Gasteiger partial charge < -0.3 is 14.2 Å². The second kappa shape index (κ2) is 9.28. The zero-order valence-electron chi connectivity index (χ0n) is 12.7. The highest BCUT2D eigenvalue weighted by Crippen LogP contribution is 2.27. The Hall–Kier alpha value is -1.70. The Bertz CT molecular complexity index is 445. The van der Waals surface area contributed by atoms with Crippen LogP contribution in [0.2, 0.25) is 0 Å². The topological polar surface area (TPSA) is 74.1 Å². The smallest absolute Gasteiger partial charge is 0.311 e. The van der Waals surface area contributed by atoms with Crippen LogP contribution in [0.4, 0.5) is 5.69 Å². The number of nitro benzene ring substituents is 1. The summed E-state index contributed by atoms with van der Waals surface area (Å²) in [5, 5.41) is 11.0. The lowest BCUT2D eigenvalue weighted by Crippen LogP contribution is -2.30. The van der Waals surface area contributed by atoms with Crippen molar-refractivity contribution in [2.24, 2.45) is 0 Å². The van der Waals surface area contributed by atoms with E-state index in [1.54, 1.807) is 26.4 Å². The molecule has 118 valence electrons. The molecule has 21 heavy (non-hydrogen) atoms. The third-order valence-electron chi connectivity index (χ3n) is 3.07. The molecule has 0 aromatic heterocycles. The fraction of sp³-hybridized carbons (Fsp3) is 0.571. The number of benzene rings is 1. The van der Waals surface area contributed by atoms with E-state index in [0.717, 1.165) is 18.7 Å². The molecule has 1 rings (SSSR count). The Morgan fingerprint density at radius 2 is 1.76 bits per heavy atom. The van der Waals surface area contributed by atoms with Gasteiger partial charge in [0.15, 0.2) is 5.75 Å². The van der Waals surface area contributed by atoms with Crippen molar-refractivity contribution in [1.82, 2.24) is 4.90 Å². The Balaban J connectivity index is 2.82. The Kier molecular flexibility index (Phi) is 7.66. The van der Waals surface area contributed by atoms with Crippen LogP contribution in [0.5, 0.6) is 5.75 Å². The van der Waals surface area contributed by atoms with E-state index in [9.17, 15) is 10.1 Å². The molecule has 0 aliphatic rings. The lowest BCUT2D eigenvalue weighted by atomic mass is 10.1. The molecule has 0 bridgehead atoms. The average molecular weight is 298 g/mol. The van der Waals surface area contributed by atoms with Crippen molar-refractivity contribution >= 4 is 5.69 Å². The van der Waals surface area contributed by atoms with Crippen molar-refractivity contribution < 1.29 is 19.1 Å². The molecule has 1 aromatic rings. The molecule has 0 amide bonds. The van der Waals surface area contributed by atoms with E-state index in [1.807, 2.05) is 6.07 Å². The number of rotatable bonds is 10. The number of nitrogens with zero attached hydrogens (tertiary/aromatic N) is 2. The standard InChI is InChI=1S/C14H22N2O5/c1-19-8-6-15(7-9-20-2)11-12-4-5-14(21-3)13(10-12)16(17)18/h4-5,10H,6-9,11H2,1-3H3. The van der Waals surface area contributed by atoms with Gasteiger partial charge in [-0.1, -0.05) is 6.07 Å². The summed E-state index contributed by atoms with van der Waals surface area (Å²) >= 11 is 0. The molecule has 0 heterocycles. The summed E-state index contributed by atoms with van der Waals surface area (Å²) in [6, 6.07) is 5.00. The van der Waals surface area contributed by atoms with Crippen molar-refractivity contribution in [2.45, 2.75) is 6.54 Å². The minimum absolute atomic E-state index is 0.0200. The van der Waals surface area contributed by atoms with Crippen LogP contribution in [0.3, 0.4) is 0 Å². The highest BCUT2D eigenvalue weighted by atomic mass is 16.6. The van der Waals surface area contributed by atoms with Gasteiger partial charge in [0.25, 0.3) is 0 Å². The first-order valence-electron chi connectivity index (χ1n) is 6.64. The highest BCUT2D eigenvalue weighted by molar-refractivity contribution is 5.48. The van der Waals surface area contributed by atoms with E-state index in [2.05, 4.69) is 4.90 Å². The van der Waals surface area contributed by atoms with Crippen LogP contribution >= 0.6 is 0 Å². The number of hydrogen-bond donors (Lipinski definition) is 0. The lowest BCUT2D eigenvalue weighted by molar-refractivity contribution is -0.385. The second-order valence-electron chi connectivity index (χ2n) is 4.53. The fourth-order valence-corrected chi connectivity index (χ4v) is 1.95. The van der Waals surface area contributed by atoms with Gasteiger partial charge in [0.2, 0.25) is 0 Å². The molecule has 0 atom stereocenters. The largest absolute Gasteiger partial charge is 0.490 e. The van der Waals surface area contributed by atoms with Gasteiger partial charge in [0.1, 0.15) is 0 Å². The predicted octanol–water partition coefficient (Wildman–Crippen LogP) is 1.70. The SMILES string of the molecule is COCCN(CCOC)Cc1ccc(OC)c([N+](=O)[O-])c1. The van der Waals surface area contributed by atoms with Gasteiger partial charge in [0, 0.05) is 39.9 Å². The first-order chi connectivity index (χ1) is 10.1. The first-order valence-corrected chi connectivity index (χ1v) is 6.64. The first kappa shape index (κ1) is 17.4. The molecule has 1 aromatic carbocycles. The van der Waals surface area contributed by atoms with Crippen LogP contribution in [0.1, 0.15) is 5.56 Å². The van der Waals surface area contributed by atoms with Gasteiger partial charge in [-0.15, -0.1) is 0 Å². The van der Waals surface area contributed by atoms with Gasteiger partial charge in [-0.25, -0.2) is 0 Å². The molecule has 0 aliphatic carbocycles. The molecule has 7 heteroatoms. The molecular weight excluding hydrogens is 276 g/mol. The molecular formula is C14H22N2O5. The molecule has 0 aliphatic heterocycles. The second-order valence-corrected chi connectivity index (χ2v) is 4.53. The van der Waals surface area contributed by atoms with Crippen molar-refractivity contribution in [3.05, 3.63) is 33.9 Å². The van der Waals surface area contributed by atoms with Crippen LogP contribution in [0.25, 0.3) is 0 Å². The van der Waals surface area contributed by atoms with Gasteiger partial charge in [-0.05, 0) is 11.6 Å². The minimum atomic E-state index is -0.434. The Morgan fingerprint density at radius 1 is 1.14 bits per heavy atom. The van der Waals surface area contributed by atoms with Gasteiger partial charge in [-0.3, -0.25) is 15.0 Å². The molecule has 7 nitrogen and oxygen atoms in total. The zero-order valence-corrected chi connectivity index (χ0v) is 12.7. The van der Waals surface area contributed by atoms with Gasteiger partial charge in [-0.2, -0.15) is 0 Å². The van der Waals surface area contributed by atoms with Crippen molar-refractivity contribution in [1.29, 1.82) is 0 Å². The van der Waals surface area contributed by atoms with Crippen LogP contribution in [0.15, 0.2) is 18.2 Å². The zero-order chi connectivity index (χ0) is 15.7. The van der Waals surface area contributed by atoms with E-state index >= 15 is 0 Å². The molecule has 0 fully saturated rings. The summed E-state index contributed by atoms with van der Waals surface area (Å²) in [6.07, 6.45) is 0. The minimum Gasteiger partial charge on any atom is -0.490 e. The third kappa shape index (κ3) is 5.66. The average Bonchev–Trinajstić information content (AvgIpc) is 2.49. The molecule has 0 unspecified atom stereocenters. The van der Waals surface area contributed by atoms with Crippen LogP contribution in [-0.4, -0.2) is 57.5 Å². The van der Waals surface area contributed by atoms with E-state index in [0.29, 0.717) is 19.8 Å². The van der Waals surface area contributed by atoms with E-state index in [-0.39, 0.29) is 11.4 Å². The maximum atomic E-state index is 11.0. The summed E-state index contributed by atoms with van der Waals surface area (Å²) in [5.74, 6) is 0.268. The maximum Gasteiger partial charge on any atom is 0.311 e. The number of methoxy groups -OCH3 is 3. The summed E-state index contributed by atoms with van der Waals surface area (Å²) < 4.78 is 15.2. The Labute approximate surface area is 124 Å². The molecule has 0 saturated carbocycles. The molecule has 0 saturated heterocycles. The highest BCUT2D eigenvalue weighted by Gasteiger charge is 2.16. The van der Waals surface area contributed by atoms with Crippen LogP contribution in [0, 0.1) is 10.1 Å².